The second-order valence-electron chi connectivity index (χ2n) is 4.86. The van der Waals surface area contributed by atoms with Crippen LogP contribution in [0, 0.1) is 0 Å². The van der Waals surface area contributed by atoms with Gasteiger partial charge in [-0.3, -0.25) is 0 Å². The Labute approximate surface area is 114 Å². The lowest BCUT2D eigenvalue weighted by Crippen LogP contribution is -2.32. The second kappa shape index (κ2) is 4.92. The molecule has 5 heteroatoms. The highest BCUT2D eigenvalue weighted by atomic mass is 79.9. The van der Waals surface area contributed by atoms with Crippen molar-refractivity contribution in [3.05, 3.63) is 27.9 Å². The molecule has 3 N–H and O–H groups in total. The SMILES string of the molecule is CC(C)(N)CCc1ncc(-c2cc(Br)cs2)[nH]1. The Bertz CT molecular complexity index is 496. The molecule has 0 spiro atoms. The van der Waals surface area contributed by atoms with Crippen LogP contribution in [0.25, 0.3) is 10.6 Å². The highest BCUT2D eigenvalue weighted by Crippen LogP contribution is 2.28. The van der Waals surface area contributed by atoms with Gasteiger partial charge < -0.3 is 10.7 Å². The third kappa shape index (κ3) is 3.66. The van der Waals surface area contributed by atoms with Gasteiger partial charge in [-0.2, -0.15) is 0 Å². The molecule has 2 heterocycles. The van der Waals surface area contributed by atoms with Gasteiger partial charge >= 0.3 is 0 Å². The first kappa shape index (κ1) is 12.8. The third-order valence-electron chi connectivity index (χ3n) is 2.47. The Morgan fingerprint density at radius 1 is 1.53 bits per heavy atom. The highest BCUT2D eigenvalue weighted by molar-refractivity contribution is 9.10. The summed E-state index contributed by atoms with van der Waals surface area (Å²) in [6.45, 7) is 4.07. The number of nitrogens with two attached hydrogens (primary N) is 1. The summed E-state index contributed by atoms with van der Waals surface area (Å²) in [6, 6.07) is 2.09. The molecule has 2 aromatic rings. The summed E-state index contributed by atoms with van der Waals surface area (Å²) in [7, 11) is 0. The molecule has 92 valence electrons. The molecule has 0 bridgehead atoms. The maximum atomic E-state index is 5.96. The number of nitrogens with one attached hydrogen (secondary N) is 1. The van der Waals surface area contributed by atoms with Crippen LogP contribution in [0.15, 0.2) is 22.1 Å². The zero-order chi connectivity index (χ0) is 12.5. The summed E-state index contributed by atoms with van der Waals surface area (Å²) in [6.07, 6.45) is 3.70. The lowest BCUT2D eigenvalue weighted by molar-refractivity contribution is 0.472. The minimum absolute atomic E-state index is 0.140. The van der Waals surface area contributed by atoms with Crippen molar-refractivity contribution >= 4 is 27.3 Å². The molecule has 0 aliphatic carbocycles. The van der Waals surface area contributed by atoms with Crippen molar-refractivity contribution in [2.75, 3.05) is 0 Å². The zero-order valence-corrected chi connectivity index (χ0v) is 12.4. The number of nitrogens with zero attached hydrogens (tertiary/aromatic N) is 1. The maximum absolute atomic E-state index is 5.96. The van der Waals surface area contributed by atoms with Gasteiger partial charge in [-0.1, -0.05) is 0 Å². The molecule has 0 amide bonds. The smallest absolute Gasteiger partial charge is 0.106 e. The zero-order valence-electron chi connectivity index (χ0n) is 9.96. The van der Waals surface area contributed by atoms with E-state index in [0.717, 1.165) is 28.8 Å². The Morgan fingerprint density at radius 3 is 2.88 bits per heavy atom. The van der Waals surface area contributed by atoms with E-state index in [9.17, 15) is 0 Å². The number of aromatic nitrogens is 2. The van der Waals surface area contributed by atoms with Crippen LogP contribution in [0.3, 0.4) is 0 Å². The lowest BCUT2D eigenvalue weighted by Gasteiger charge is -2.16. The maximum Gasteiger partial charge on any atom is 0.106 e. The Kier molecular flexibility index (Phi) is 3.70. The number of imidazole rings is 1. The molecule has 2 aromatic heterocycles. The first-order chi connectivity index (χ1) is 7.94. The largest absolute Gasteiger partial charge is 0.341 e. The van der Waals surface area contributed by atoms with E-state index in [0.29, 0.717) is 0 Å². The number of H-pyrrole nitrogens is 1. The van der Waals surface area contributed by atoms with E-state index in [1.165, 1.54) is 4.88 Å². The lowest BCUT2D eigenvalue weighted by atomic mass is 10.0. The van der Waals surface area contributed by atoms with E-state index >= 15 is 0 Å². The average molecular weight is 314 g/mol. The summed E-state index contributed by atoms with van der Waals surface area (Å²) in [5, 5.41) is 2.07. The molecule has 2 rings (SSSR count). The number of thiophene rings is 1. The minimum Gasteiger partial charge on any atom is -0.341 e. The van der Waals surface area contributed by atoms with Crippen LogP contribution >= 0.6 is 27.3 Å². The molecule has 0 fully saturated rings. The minimum atomic E-state index is -0.140. The van der Waals surface area contributed by atoms with Crippen molar-refractivity contribution in [3.8, 4) is 10.6 Å². The number of rotatable bonds is 4. The van der Waals surface area contributed by atoms with Crippen LogP contribution in [0.4, 0.5) is 0 Å². The van der Waals surface area contributed by atoms with Gasteiger partial charge in [0.1, 0.15) is 5.82 Å². The van der Waals surface area contributed by atoms with Crippen molar-refractivity contribution in [3.63, 3.8) is 0 Å². The number of aryl methyl sites for hydroxylation is 1. The van der Waals surface area contributed by atoms with Crippen LogP contribution in [0.2, 0.25) is 0 Å². The Balaban J connectivity index is 2.06. The van der Waals surface area contributed by atoms with E-state index < -0.39 is 0 Å². The normalized spacial score (nSPS) is 12.0. The molecule has 0 saturated heterocycles. The molecule has 0 radical (unpaired) electrons. The van der Waals surface area contributed by atoms with Gasteiger partial charge in [-0.25, -0.2) is 4.98 Å². The van der Waals surface area contributed by atoms with Crippen LogP contribution in [0.1, 0.15) is 26.1 Å². The molecular formula is C12H16BrN3S. The van der Waals surface area contributed by atoms with Crippen LogP contribution in [-0.2, 0) is 6.42 Å². The van der Waals surface area contributed by atoms with Gasteiger partial charge in [0.05, 0.1) is 16.8 Å². The van der Waals surface area contributed by atoms with Crippen molar-refractivity contribution in [2.45, 2.75) is 32.2 Å². The van der Waals surface area contributed by atoms with E-state index in [1.54, 1.807) is 11.3 Å². The van der Waals surface area contributed by atoms with Crippen molar-refractivity contribution in [2.24, 2.45) is 5.73 Å². The van der Waals surface area contributed by atoms with Crippen LogP contribution < -0.4 is 5.73 Å². The molecular weight excluding hydrogens is 298 g/mol. The summed E-state index contributed by atoms with van der Waals surface area (Å²) in [5.74, 6) is 1.00. The predicted molar refractivity (Wildman–Crippen MR) is 76.2 cm³/mol. The summed E-state index contributed by atoms with van der Waals surface area (Å²) in [5.41, 5.74) is 6.89. The standard InChI is InChI=1S/C12H16BrN3S/c1-12(2,14)4-3-11-15-6-9(16-11)10-5-8(13)7-17-10/h5-7H,3-4,14H2,1-2H3,(H,15,16). The molecule has 0 unspecified atom stereocenters. The first-order valence-corrected chi connectivity index (χ1v) is 7.18. The summed E-state index contributed by atoms with van der Waals surface area (Å²) in [4.78, 5) is 8.92. The van der Waals surface area contributed by atoms with Crippen molar-refractivity contribution in [1.82, 2.24) is 9.97 Å². The average Bonchev–Trinajstić information content (AvgIpc) is 2.81. The van der Waals surface area contributed by atoms with Crippen LogP contribution in [-0.4, -0.2) is 15.5 Å². The predicted octanol–water partition coefficient (Wildman–Crippen LogP) is 3.57. The van der Waals surface area contributed by atoms with E-state index in [4.69, 9.17) is 5.73 Å². The summed E-state index contributed by atoms with van der Waals surface area (Å²) < 4.78 is 1.11. The number of halogens is 1. The topological polar surface area (TPSA) is 54.7 Å². The molecule has 17 heavy (non-hydrogen) atoms. The Morgan fingerprint density at radius 2 is 2.29 bits per heavy atom. The first-order valence-electron chi connectivity index (χ1n) is 5.51. The fourth-order valence-electron chi connectivity index (χ4n) is 1.51. The highest BCUT2D eigenvalue weighted by Gasteiger charge is 2.12. The molecule has 0 saturated carbocycles. The Hall–Kier alpha value is -0.650. The van der Waals surface area contributed by atoms with Crippen molar-refractivity contribution < 1.29 is 0 Å². The van der Waals surface area contributed by atoms with Gasteiger partial charge in [-0.05, 0) is 42.3 Å². The van der Waals surface area contributed by atoms with Crippen molar-refractivity contribution in [1.29, 1.82) is 0 Å². The second-order valence-corrected chi connectivity index (χ2v) is 6.69. The number of hydrogen-bond donors (Lipinski definition) is 2. The molecule has 0 aromatic carbocycles. The fraction of sp³-hybridized carbons (Fsp3) is 0.417. The number of hydrogen-bond acceptors (Lipinski definition) is 3. The molecule has 3 nitrogen and oxygen atoms in total. The van der Waals surface area contributed by atoms with E-state index in [2.05, 4.69) is 37.3 Å². The molecule has 0 aliphatic rings. The van der Waals surface area contributed by atoms with E-state index in [1.807, 2.05) is 20.0 Å². The monoisotopic (exact) mass is 313 g/mol. The summed E-state index contributed by atoms with van der Waals surface area (Å²) >= 11 is 5.15. The number of aromatic amines is 1. The van der Waals surface area contributed by atoms with Gasteiger partial charge in [0.25, 0.3) is 0 Å². The van der Waals surface area contributed by atoms with Gasteiger partial charge in [0.2, 0.25) is 0 Å². The van der Waals surface area contributed by atoms with Crippen LogP contribution in [0.5, 0.6) is 0 Å². The van der Waals surface area contributed by atoms with Gasteiger partial charge in [0.15, 0.2) is 0 Å². The quantitative estimate of drug-likeness (QED) is 0.906. The van der Waals surface area contributed by atoms with Gasteiger partial charge in [0, 0.05) is 21.8 Å². The fourth-order valence-corrected chi connectivity index (χ4v) is 2.90. The molecule has 0 atom stereocenters. The van der Waals surface area contributed by atoms with E-state index in [-0.39, 0.29) is 5.54 Å². The third-order valence-corrected chi connectivity index (χ3v) is 4.19. The molecule has 0 aliphatic heterocycles. The van der Waals surface area contributed by atoms with Gasteiger partial charge in [-0.15, -0.1) is 11.3 Å².